The van der Waals surface area contributed by atoms with Gasteiger partial charge in [0.2, 0.25) is 0 Å². The standard InChI is InChI=1S/C26H34FN3O3/c1-32-26-28-24-10-5-3-8-22(24)25(31)30(26)14-6-13-29-19-11-12-20(29)16-21(15-19)33-17-18-7-2-4-9-23(18)27/h2,4,7,9,19-21H,3,5-6,8,10-17H2,1H3. The van der Waals surface area contributed by atoms with Crippen molar-refractivity contribution in [3.05, 3.63) is 57.3 Å². The summed E-state index contributed by atoms with van der Waals surface area (Å²) in [7, 11) is 1.60. The summed E-state index contributed by atoms with van der Waals surface area (Å²) in [4.78, 5) is 20.3. The molecule has 7 heteroatoms. The van der Waals surface area contributed by atoms with E-state index in [9.17, 15) is 9.18 Å². The molecule has 0 spiro atoms. The van der Waals surface area contributed by atoms with Crippen LogP contribution in [0.5, 0.6) is 6.01 Å². The SMILES string of the molecule is COc1nc2c(c(=O)n1CCCN1C3CCC1CC(OCc1ccccc1F)C3)CCCC2. The van der Waals surface area contributed by atoms with Crippen molar-refractivity contribution in [2.45, 2.75) is 89.1 Å². The molecule has 1 aliphatic carbocycles. The van der Waals surface area contributed by atoms with E-state index < -0.39 is 0 Å². The average Bonchev–Trinajstić information content (AvgIpc) is 3.07. The molecule has 2 saturated heterocycles. The highest BCUT2D eigenvalue weighted by Crippen LogP contribution is 2.37. The molecule has 2 unspecified atom stereocenters. The van der Waals surface area contributed by atoms with E-state index in [1.54, 1.807) is 23.8 Å². The summed E-state index contributed by atoms with van der Waals surface area (Å²) in [6.45, 7) is 1.93. The van der Waals surface area contributed by atoms with Crippen LogP contribution in [-0.2, 0) is 30.7 Å². The molecule has 6 nitrogen and oxygen atoms in total. The van der Waals surface area contributed by atoms with Gasteiger partial charge in [-0.25, -0.2) is 9.37 Å². The second kappa shape index (κ2) is 9.94. The van der Waals surface area contributed by atoms with Crippen molar-refractivity contribution in [3.63, 3.8) is 0 Å². The average molecular weight is 456 g/mol. The molecule has 3 aliphatic rings. The molecule has 0 saturated carbocycles. The van der Waals surface area contributed by atoms with E-state index in [0.29, 0.717) is 36.8 Å². The highest BCUT2D eigenvalue weighted by Gasteiger charge is 2.40. The van der Waals surface area contributed by atoms with Gasteiger partial charge < -0.3 is 9.47 Å². The lowest BCUT2D eigenvalue weighted by Gasteiger charge is -2.39. The Morgan fingerprint density at radius 2 is 1.85 bits per heavy atom. The summed E-state index contributed by atoms with van der Waals surface area (Å²) in [6.07, 6.45) is 9.30. The molecule has 2 fully saturated rings. The quantitative estimate of drug-likeness (QED) is 0.605. The van der Waals surface area contributed by atoms with Crippen LogP contribution in [0.4, 0.5) is 4.39 Å². The smallest absolute Gasteiger partial charge is 0.299 e. The number of aromatic nitrogens is 2. The maximum Gasteiger partial charge on any atom is 0.299 e. The van der Waals surface area contributed by atoms with Crippen LogP contribution in [0.1, 0.15) is 61.8 Å². The fourth-order valence-corrected chi connectivity index (χ4v) is 5.98. The Morgan fingerprint density at radius 1 is 1.09 bits per heavy atom. The minimum atomic E-state index is -0.194. The molecule has 1 aromatic heterocycles. The Bertz CT molecular complexity index is 1030. The monoisotopic (exact) mass is 455 g/mol. The maximum atomic E-state index is 13.9. The van der Waals surface area contributed by atoms with Gasteiger partial charge in [-0.1, -0.05) is 18.2 Å². The lowest BCUT2D eigenvalue weighted by molar-refractivity contribution is -0.0293. The van der Waals surface area contributed by atoms with Gasteiger partial charge in [0.05, 0.1) is 25.5 Å². The number of fused-ring (bicyclic) bond motifs is 3. The molecular weight excluding hydrogens is 421 g/mol. The summed E-state index contributed by atoms with van der Waals surface area (Å²) < 4.78 is 27.2. The maximum absolute atomic E-state index is 13.9. The summed E-state index contributed by atoms with van der Waals surface area (Å²) in [5.41, 5.74) is 2.52. The zero-order chi connectivity index (χ0) is 22.8. The van der Waals surface area contributed by atoms with Crippen molar-refractivity contribution in [1.29, 1.82) is 0 Å². The summed E-state index contributed by atoms with van der Waals surface area (Å²) >= 11 is 0. The Morgan fingerprint density at radius 3 is 2.61 bits per heavy atom. The van der Waals surface area contributed by atoms with Crippen molar-refractivity contribution in [1.82, 2.24) is 14.5 Å². The van der Waals surface area contributed by atoms with Gasteiger partial charge in [-0.15, -0.1) is 0 Å². The van der Waals surface area contributed by atoms with E-state index in [0.717, 1.165) is 62.7 Å². The zero-order valence-corrected chi connectivity index (χ0v) is 19.5. The molecule has 2 bridgehead atoms. The summed E-state index contributed by atoms with van der Waals surface area (Å²) in [6, 6.07) is 8.32. The number of halogens is 1. The lowest BCUT2D eigenvalue weighted by atomic mass is 9.97. The molecule has 2 aromatic rings. The first-order chi connectivity index (χ1) is 16.1. The van der Waals surface area contributed by atoms with Crippen LogP contribution in [0, 0.1) is 5.82 Å². The van der Waals surface area contributed by atoms with Crippen LogP contribution in [0.15, 0.2) is 29.1 Å². The molecule has 1 aromatic carbocycles. The molecule has 0 amide bonds. The zero-order valence-electron chi connectivity index (χ0n) is 19.5. The van der Waals surface area contributed by atoms with Crippen molar-refractivity contribution in [2.75, 3.05) is 13.7 Å². The highest BCUT2D eigenvalue weighted by molar-refractivity contribution is 5.23. The normalized spacial score (nSPS) is 24.6. The molecule has 0 N–H and O–H groups in total. The molecule has 2 atom stereocenters. The minimum Gasteiger partial charge on any atom is -0.468 e. The molecule has 5 rings (SSSR count). The Balaban J connectivity index is 1.17. The van der Waals surface area contributed by atoms with Gasteiger partial charge in [-0.05, 0) is 63.9 Å². The number of aryl methyl sites for hydroxylation is 1. The molecular formula is C26H34FN3O3. The van der Waals surface area contributed by atoms with Gasteiger partial charge in [0.25, 0.3) is 11.6 Å². The number of rotatable bonds is 8. The van der Waals surface area contributed by atoms with Gasteiger partial charge >= 0.3 is 0 Å². The van der Waals surface area contributed by atoms with E-state index >= 15 is 0 Å². The van der Waals surface area contributed by atoms with Crippen LogP contribution in [-0.4, -0.2) is 46.3 Å². The van der Waals surface area contributed by atoms with Gasteiger partial charge in [-0.3, -0.25) is 14.3 Å². The number of methoxy groups -OCH3 is 1. The van der Waals surface area contributed by atoms with Crippen LogP contribution >= 0.6 is 0 Å². The second-order valence-electron chi connectivity index (χ2n) is 9.66. The number of benzene rings is 1. The number of piperidine rings is 1. The fraction of sp³-hybridized carbons (Fsp3) is 0.615. The first-order valence-corrected chi connectivity index (χ1v) is 12.4. The summed E-state index contributed by atoms with van der Waals surface area (Å²) in [5.74, 6) is -0.194. The lowest BCUT2D eigenvalue weighted by Crippen LogP contribution is -2.46. The Hall–Kier alpha value is -2.25. The molecule has 33 heavy (non-hydrogen) atoms. The van der Waals surface area contributed by atoms with E-state index in [1.807, 2.05) is 6.07 Å². The molecule has 2 aliphatic heterocycles. The van der Waals surface area contributed by atoms with E-state index in [4.69, 9.17) is 9.47 Å². The minimum absolute atomic E-state index is 0.0831. The third-order valence-corrected chi connectivity index (χ3v) is 7.66. The Labute approximate surface area is 194 Å². The second-order valence-corrected chi connectivity index (χ2v) is 9.66. The third kappa shape index (κ3) is 4.71. The third-order valence-electron chi connectivity index (χ3n) is 7.66. The van der Waals surface area contributed by atoms with Crippen molar-refractivity contribution >= 4 is 0 Å². The summed E-state index contributed by atoms with van der Waals surface area (Å²) in [5, 5.41) is 0. The van der Waals surface area contributed by atoms with Crippen LogP contribution in [0.2, 0.25) is 0 Å². The fourth-order valence-electron chi connectivity index (χ4n) is 5.98. The molecule has 178 valence electrons. The van der Waals surface area contributed by atoms with Gasteiger partial charge in [0.1, 0.15) is 5.82 Å². The predicted octanol–water partition coefficient (Wildman–Crippen LogP) is 3.87. The molecule has 3 heterocycles. The van der Waals surface area contributed by atoms with Gasteiger partial charge in [-0.2, -0.15) is 0 Å². The largest absolute Gasteiger partial charge is 0.468 e. The number of hydrogen-bond donors (Lipinski definition) is 0. The topological polar surface area (TPSA) is 56.6 Å². The Kier molecular flexibility index (Phi) is 6.79. The van der Waals surface area contributed by atoms with E-state index in [-0.39, 0.29) is 17.5 Å². The molecule has 0 radical (unpaired) electrons. The van der Waals surface area contributed by atoms with Crippen molar-refractivity contribution in [3.8, 4) is 6.01 Å². The van der Waals surface area contributed by atoms with Crippen molar-refractivity contribution < 1.29 is 13.9 Å². The van der Waals surface area contributed by atoms with Crippen molar-refractivity contribution in [2.24, 2.45) is 0 Å². The van der Waals surface area contributed by atoms with Gasteiger partial charge in [0, 0.05) is 36.3 Å². The number of nitrogens with zero attached hydrogens (tertiary/aromatic N) is 3. The van der Waals surface area contributed by atoms with Gasteiger partial charge in [0.15, 0.2) is 0 Å². The van der Waals surface area contributed by atoms with Crippen LogP contribution in [0.25, 0.3) is 0 Å². The predicted molar refractivity (Wildman–Crippen MR) is 124 cm³/mol. The van der Waals surface area contributed by atoms with E-state index in [1.165, 1.54) is 18.9 Å². The first-order valence-electron chi connectivity index (χ1n) is 12.4. The van der Waals surface area contributed by atoms with Crippen LogP contribution < -0.4 is 10.3 Å². The number of ether oxygens (including phenoxy) is 2. The highest BCUT2D eigenvalue weighted by atomic mass is 19.1. The first kappa shape index (κ1) is 22.5. The van der Waals surface area contributed by atoms with Crippen LogP contribution in [0.3, 0.4) is 0 Å². The number of hydrogen-bond acceptors (Lipinski definition) is 5. The van der Waals surface area contributed by atoms with E-state index in [2.05, 4.69) is 9.88 Å².